The van der Waals surface area contributed by atoms with Crippen molar-refractivity contribution in [3.63, 3.8) is 0 Å². The summed E-state index contributed by atoms with van der Waals surface area (Å²) in [5.74, 6) is 2.63. The second kappa shape index (κ2) is 8.36. The summed E-state index contributed by atoms with van der Waals surface area (Å²) in [4.78, 5) is 29.7. The summed E-state index contributed by atoms with van der Waals surface area (Å²) in [6, 6.07) is 0.240. The van der Waals surface area contributed by atoms with E-state index in [9.17, 15) is 4.79 Å². The van der Waals surface area contributed by atoms with E-state index in [1.807, 2.05) is 6.08 Å². The third-order valence-corrected chi connectivity index (χ3v) is 8.68. The molecule has 0 bridgehead atoms. The highest BCUT2D eigenvalue weighted by atomic mass is 35.5. The number of nitrogens with two attached hydrogens (primary N) is 1. The van der Waals surface area contributed by atoms with E-state index < -0.39 is 0 Å². The second-order valence-corrected chi connectivity index (χ2v) is 10.9. The first-order valence-corrected chi connectivity index (χ1v) is 12.8. The molecule has 33 heavy (non-hydrogen) atoms. The number of fused-ring (bicyclic) bond motifs is 2. The molecule has 3 fully saturated rings. The van der Waals surface area contributed by atoms with Crippen LogP contribution in [-0.2, 0) is 11.2 Å². The minimum atomic E-state index is -0.0941. The van der Waals surface area contributed by atoms with E-state index in [4.69, 9.17) is 17.3 Å². The fourth-order valence-corrected chi connectivity index (χ4v) is 6.55. The molecule has 176 valence electrons. The van der Waals surface area contributed by atoms with E-state index in [1.54, 1.807) is 6.33 Å². The van der Waals surface area contributed by atoms with Crippen molar-refractivity contribution in [2.45, 2.75) is 38.1 Å². The van der Waals surface area contributed by atoms with E-state index in [-0.39, 0.29) is 17.9 Å². The number of allylic oxidation sites excluding steroid dienone is 3. The highest BCUT2D eigenvalue weighted by molar-refractivity contribution is 6.30. The molecule has 8 heteroatoms. The maximum absolute atomic E-state index is 13.8. The van der Waals surface area contributed by atoms with Crippen LogP contribution in [0.25, 0.3) is 0 Å². The smallest absolute Gasteiger partial charge is 0.231 e. The maximum Gasteiger partial charge on any atom is 0.231 e. The third-order valence-electron chi connectivity index (χ3n) is 8.28. The van der Waals surface area contributed by atoms with Crippen LogP contribution in [0.3, 0.4) is 0 Å². The van der Waals surface area contributed by atoms with Crippen molar-refractivity contribution in [1.82, 2.24) is 19.8 Å². The monoisotopic (exact) mass is 468 g/mol. The lowest BCUT2D eigenvalue weighted by molar-refractivity contribution is -0.135. The Morgan fingerprint density at radius 3 is 2.73 bits per heavy atom. The lowest BCUT2D eigenvalue weighted by atomic mass is 9.88. The Morgan fingerprint density at radius 2 is 1.97 bits per heavy atom. The quantitative estimate of drug-likeness (QED) is 0.713. The Morgan fingerprint density at radius 1 is 1.18 bits per heavy atom. The van der Waals surface area contributed by atoms with Crippen molar-refractivity contribution in [3.05, 3.63) is 40.3 Å². The van der Waals surface area contributed by atoms with Gasteiger partial charge in [-0.3, -0.25) is 9.69 Å². The van der Waals surface area contributed by atoms with Gasteiger partial charge in [-0.1, -0.05) is 30.2 Å². The lowest BCUT2D eigenvalue weighted by Crippen LogP contribution is -2.59. The van der Waals surface area contributed by atoms with Gasteiger partial charge in [0.15, 0.2) is 0 Å². The van der Waals surface area contributed by atoms with Crippen molar-refractivity contribution in [3.8, 4) is 0 Å². The molecule has 1 saturated carbocycles. The predicted molar refractivity (Wildman–Crippen MR) is 129 cm³/mol. The van der Waals surface area contributed by atoms with E-state index in [0.717, 1.165) is 75.9 Å². The average Bonchev–Trinajstić information content (AvgIpc) is 3.53. The second-order valence-electron chi connectivity index (χ2n) is 10.5. The number of carbonyl (C=O) groups excluding carboxylic acids is 1. The van der Waals surface area contributed by atoms with Crippen LogP contribution in [-0.4, -0.2) is 77.5 Å². The van der Waals surface area contributed by atoms with Gasteiger partial charge in [0, 0.05) is 74.1 Å². The molecule has 1 aromatic rings. The SMILES string of the molecule is CC1CCc2ncnc(N3CCN(C(=O)C(CN4CC(N)C4)C4=CC=C(Cl)C5CC45)CC3)c21. The van der Waals surface area contributed by atoms with Crippen molar-refractivity contribution in [2.75, 3.05) is 50.7 Å². The molecule has 1 amide bonds. The van der Waals surface area contributed by atoms with Crippen LogP contribution in [0, 0.1) is 17.8 Å². The Labute approximate surface area is 200 Å². The Balaban J connectivity index is 1.17. The van der Waals surface area contributed by atoms with Gasteiger partial charge in [0.2, 0.25) is 5.91 Å². The third kappa shape index (κ3) is 3.88. The normalized spacial score (nSPS) is 30.2. The lowest BCUT2D eigenvalue weighted by Gasteiger charge is -2.42. The van der Waals surface area contributed by atoms with Gasteiger partial charge in [-0.25, -0.2) is 9.97 Å². The number of aromatic nitrogens is 2. The van der Waals surface area contributed by atoms with Crippen LogP contribution >= 0.6 is 11.6 Å². The summed E-state index contributed by atoms with van der Waals surface area (Å²) < 4.78 is 0. The molecule has 7 nitrogen and oxygen atoms in total. The number of aryl methyl sites for hydroxylation is 1. The van der Waals surface area contributed by atoms with Gasteiger partial charge >= 0.3 is 0 Å². The highest BCUT2D eigenvalue weighted by Crippen LogP contribution is 2.54. The van der Waals surface area contributed by atoms with Gasteiger partial charge < -0.3 is 15.5 Å². The molecule has 4 atom stereocenters. The molecule has 0 aromatic carbocycles. The Bertz CT molecular complexity index is 1010. The molecule has 5 aliphatic rings. The number of hydrogen-bond acceptors (Lipinski definition) is 6. The van der Waals surface area contributed by atoms with E-state index >= 15 is 0 Å². The molecule has 3 heterocycles. The Kier molecular flexibility index (Phi) is 5.46. The van der Waals surface area contributed by atoms with Crippen LogP contribution in [0.4, 0.5) is 5.82 Å². The zero-order valence-electron chi connectivity index (χ0n) is 19.3. The summed E-state index contributed by atoms with van der Waals surface area (Å²) in [7, 11) is 0. The molecule has 0 spiro atoms. The fourth-order valence-electron chi connectivity index (χ4n) is 6.24. The van der Waals surface area contributed by atoms with Gasteiger partial charge in [0.1, 0.15) is 12.1 Å². The molecule has 3 aliphatic carbocycles. The predicted octanol–water partition coefficient (Wildman–Crippen LogP) is 2.13. The zero-order chi connectivity index (χ0) is 22.7. The van der Waals surface area contributed by atoms with Crippen molar-refractivity contribution in [1.29, 1.82) is 0 Å². The van der Waals surface area contributed by atoms with Gasteiger partial charge in [-0.05, 0) is 37.2 Å². The fraction of sp³-hybridized carbons (Fsp3) is 0.640. The number of nitrogens with zero attached hydrogens (tertiary/aromatic N) is 5. The van der Waals surface area contributed by atoms with Crippen molar-refractivity contribution < 1.29 is 4.79 Å². The molecule has 4 unspecified atom stereocenters. The first kappa shape index (κ1) is 21.6. The topological polar surface area (TPSA) is 78.6 Å². The number of piperazine rings is 1. The summed E-state index contributed by atoms with van der Waals surface area (Å²) in [5.41, 5.74) is 9.82. The van der Waals surface area contributed by atoms with Gasteiger partial charge in [-0.15, -0.1) is 0 Å². The van der Waals surface area contributed by atoms with Gasteiger partial charge in [0.25, 0.3) is 0 Å². The summed E-state index contributed by atoms with van der Waals surface area (Å²) >= 11 is 6.37. The minimum Gasteiger partial charge on any atom is -0.353 e. The molecular formula is C25H33ClN6O. The van der Waals surface area contributed by atoms with Crippen LogP contribution in [0.15, 0.2) is 29.1 Å². The number of rotatable bonds is 5. The molecule has 2 N–H and O–H groups in total. The van der Waals surface area contributed by atoms with E-state index in [2.05, 4.69) is 37.7 Å². The number of carbonyl (C=O) groups is 1. The molecule has 1 aromatic heterocycles. The molecule has 2 aliphatic heterocycles. The summed E-state index contributed by atoms with van der Waals surface area (Å²) in [6.07, 6.45) is 9.12. The van der Waals surface area contributed by atoms with E-state index in [1.165, 1.54) is 16.8 Å². The highest BCUT2D eigenvalue weighted by Gasteiger charge is 2.48. The van der Waals surface area contributed by atoms with Gasteiger partial charge in [0.05, 0.1) is 5.92 Å². The number of anilines is 1. The van der Waals surface area contributed by atoms with Gasteiger partial charge in [-0.2, -0.15) is 0 Å². The number of hydrogen-bond donors (Lipinski definition) is 1. The standard InChI is InChI=1S/C25H33ClN6O/c1-15-2-5-22-23(15)24(29-14-28-22)31-6-8-32(9-7-31)25(33)20(13-30-11-16(27)12-30)17-3-4-21(26)19-10-18(17)19/h3-4,14-16,18-20H,2,5-13,27H2,1H3. The van der Waals surface area contributed by atoms with Crippen molar-refractivity contribution in [2.24, 2.45) is 23.5 Å². The number of halogens is 1. The van der Waals surface area contributed by atoms with Crippen LogP contribution in [0.2, 0.25) is 0 Å². The first-order valence-electron chi connectivity index (χ1n) is 12.4. The first-order chi connectivity index (χ1) is 16.0. The zero-order valence-corrected chi connectivity index (χ0v) is 20.0. The molecule has 6 rings (SSSR count). The average molecular weight is 469 g/mol. The van der Waals surface area contributed by atoms with Crippen LogP contribution < -0.4 is 10.6 Å². The molecule has 0 radical (unpaired) electrons. The van der Waals surface area contributed by atoms with Crippen molar-refractivity contribution >= 4 is 23.3 Å². The number of likely N-dealkylation sites (tertiary alicyclic amines) is 1. The molecular weight excluding hydrogens is 436 g/mol. The summed E-state index contributed by atoms with van der Waals surface area (Å²) in [6.45, 7) is 7.91. The summed E-state index contributed by atoms with van der Waals surface area (Å²) in [5, 5.41) is 0.946. The van der Waals surface area contributed by atoms with Crippen LogP contribution in [0.1, 0.15) is 36.9 Å². The van der Waals surface area contributed by atoms with Crippen LogP contribution in [0.5, 0.6) is 0 Å². The Hall–Kier alpha value is -1.96. The van der Waals surface area contributed by atoms with E-state index in [0.29, 0.717) is 17.8 Å². The number of amides is 1. The maximum atomic E-state index is 13.8. The molecule has 2 saturated heterocycles. The largest absolute Gasteiger partial charge is 0.353 e. The minimum absolute atomic E-state index is 0.0941.